The van der Waals surface area contributed by atoms with E-state index < -0.39 is 85.2 Å². The van der Waals surface area contributed by atoms with Crippen molar-refractivity contribution < 1.29 is 49.2 Å². The number of carboxylic acid groups (broad SMARTS) is 3. The highest BCUT2D eigenvalue weighted by Gasteiger charge is 2.31. The van der Waals surface area contributed by atoms with Gasteiger partial charge >= 0.3 is 17.9 Å². The van der Waals surface area contributed by atoms with Crippen LogP contribution in [0.1, 0.15) is 33.1 Å². The van der Waals surface area contributed by atoms with Gasteiger partial charge in [-0.1, -0.05) is 0 Å². The molecule has 0 rings (SSSR count). The summed E-state index contributed by atoms with van der Waals surface area (Å²) in [4.78, 5) is 68.6. The topological polar surface area (TPSA) is 245 Å². The van der Waals surface area contributed by atoms with E-state index in [1.807, 2.05) is 5.32 Å². The van der Waals surface area contributed by atoms with Crippen LogP contribution in [-0.2, 0) is 28.8 Å². The van der Waals surface area contributed by atoms with Crippen LogP contribution >= 0.6 is 0 Å². The van der Waals surface area contributed by atoms with Crippen molar-refractivity contribution in [2.75, 3.05) is 0 Å². The molecule has 0 aromatic rings. The third-order valence-electron chi connectivity index (χ3n) is 3.81. The third-order valence-corrected chi connectivity index (χ3v) is 3.81. The minimum atomic E-state index is -1.61. The van der Waals surface area contributed by atoms with E-state index in [4.69, 9.17) is 21.1 Å². The normalized spacial score (nSPS) is 15.6. The number of carboxylic acids is 3. The molecule has 0 saturated heterocycles. The Morgan fingerprint density at radius 2 is 1.40 bits per heavy atom. The summed E-state index contributed by atoms with van der Waals surface area (Å²) in [6.45, 7) is 2.36. The fourth-order valence-corrected chi connectivity index (χ4v) is 2.14. The van der Waals surface area contributed by atoms with Gasteiger partial charge in [-0.15, -0.1) is 0 Å². The van der Waals surface area contributed by atoms with Gasteiger partial charge in [0.15, 0.2) is 0 Å². The average Bonchev–Trinajstić information content (AvgIpc) is 2.61. The second kappa shape index (κ2) is 12.3. The van der Waals surface area contributed by atoms with Crippen LogP contribution < -0.4 is 21.7 Å². The Hall–Kier alpha value is -3.26. The molecule has 170 valence electrons. The molecule has 0 aliphatic carbocycles. The first kappa shape index (κ1) is 26.7. The molecule has 0 aliphatic rings. The lowest BCUT2D eigenvalue weighted by Crippen LogP contribution is -2.59. The van der Waals surface area contributed by atoms with Gasteiger partial charge in [-0.05, 0) is 20.3 Å². The largest absolute Gasteiger partial charge is 0.481 e. The number of hydrogen-bond donors (Lipinski definition) is 8. The second-order valence-corrected chi connectivity index (χ2v) is 6.49. The first-order valence-corrected chi connectivity index (χ1v) is 8.77. The Morgan fingerprint density at radius 3 is 1.83 bits per heavy atom. The molecule has 0 fully saturated rings. The SMILES string of the molecule is CC(NC(=O)C(N)CC(=O)O)C(=O)NC(C(=O)NC(CCC(=O)O)C(=O)O)C(C)O. The maximum absolute atomic E-state index is 12.3. The number of hydrogen-bond acceptors (Lipinski definition) is 8. The standard InChI is InChI=1S/C16H26N4O10/c1-6(18-14(27)8(17)5-11(24)25)13(26)20-12(7(2)21)15(28)19-9(16(29)30)3-4-10(22)23/h6-9,12,21H,3-5,17H2,1-2H3,(H,18,27)(H,19,28)(H,20,26)(H,22,23)(H,24,25)(H,29,30). The summed E-state index contributed by atoms with van der Waals surface area (Å²) in [5.41, 5.74) is 5.37. The van der Waals surface area contributed by atoms with E-state index in [-0.39, 0.29) is 0 Å². The number of carbonyl (C=O) groups excluding carboxylic acids is 3. The number of aliphatic hydroxyl groups is 1. The van der Waals surface area contributed by atoms with Gasteiger partial charge in [0.1, 0.15) is 18.1 Å². The highest BCUT2D eigenvalue weighted by atomic mass is 16.4. The zero-order chi connectivity index (χ0) is 23.6. The van der Waals surface area contributed by atoms with Crippen LogP contribution in [0.25, 0.3) is 0 Å². The predicted molar refractivity (Wildman–Crippen MR) is 97.9 cm³/mol. The fourth-order valence-electron chi connectivity index (χ4n) is 2.14. The summed E-state index contributed by atoms with van der Waals surface area (Å²) in [7, 11) is 0. The monoisotopic (exact) mass is 434 g/mol. The molecule has 0 spiro atoms. The van der Waals surface area contributed by atoms with Crippen LogP contribution in [0.15, 0.2) is 0 Å². The van der Waals surface area contributed by atoms with E-state index in [0.717, 1.165) is 6.92 Å². The fraction of sp³-hybridized carbons (Fsp3) is 0.625. The third kappa shape index (κ3) is 9.79. The molecule has 3 amide bonds. The maximum Gasteiger partial charge on any atom is 0.326 e. The molecule has 0 radical (unpaired) electrons. The van der Waals surface area contributed by atoms with Gasteiger partial charge in [0.2, 0.25) is 17.7 Å². The van der Waals surface area contributed by atoms with Crippen molar-refractivity contribution in [2.24, 2.45) is 5.73 Å². The minimum Gasteiger partial charge on any atom is -0.481 e. The Balaban J connectivity index is 5.03. The average molecular weight is 434 g/mol. The van der Waals surface area contributed by atoms with E-state index >= 15 is 0 Å². The van der Waals surface area contributed by atoms with E-state index in [1.165, 1.54) is 6.92 Å². The number of amides is 3. The van der Waals surface area contributed by atoms with Crippen LogP contribution in [0, 0.1) is 0 Å². The van der Waals surface area contributed by atoms with Gasteiger partial charge < -0.3 is 42.1 Å². The van der Waals surface area contributed by atoms with Gasteiger partial charge in [0, 0.05) is 6.42 Å². The van der Waals surface area contributed by atoms with E-state index in [0.29, 0.717) is 0 Å². The highest BCUT2D eigenvalue weighted by molar-refractivity contribution is 5.94. The maximum atomic E-state index is 12.3. The van der Waals surface area contributed by atoms with E-state index in [9.17, 15) is 33.9 Å². The number of carbonyl (C=O) groups is 6. The van der Waals surface area contributed by atoms with Crippen molar-refractivity contribution in [1.82, 2.24) is 16.0 Å². The molecule has 30 heavy (non-hydrogen) atoms. The summed E-state index contributed by atoms with van der Waals surface area (Å²) in [5, 5.41) is 42.4. The number of nitrogens with one attached hydrogen (secondary N) is 3. The highest BCUT2D eigenvalue weighted by Crippen LogP contribution is 2.02. The number of aliphatic hydroxyl groups excluding tert-OH is 1. The molecule has 0 saturated carbocycles. The minimum absolute atomic E-state index is 0.426. The summed E-state index contributed by atoms with van der Waals surface area (Å²) in [5.74, 6) is -7.06. The molecule has 0 heterocycles. The molecule has 14 nitrogen and oxygen atoms in total. The van der Waals surface area contributed by atoms with Crippen molar-refractivity contribution in [3.63, 3.8) is 0 Å². The second-order valence-electron chi connectivity index (χ2n) is 6.49. The lowest BCUT2D eigenvalue weighted by Gasteiger charge is -2.25. The Bertz CT molecular complexity index is 681. The first-order chi connectivity index (χ1) is 13.8. The van der Waals surface area contributed by atoms with E-state index in [1.54, 1.807) is 0 Å². The van der Waals surface area contributed by atoms with Crippen molar-refractivity contribution in [3.8, 4) is 0 Å². The van der Waals surface area contributed by atoms with Crippen LogP contribution in [-0.4, -0.2) is 86.3 Å². The van der Waals surface area contributed by atoms with Crippen molar-refractivity contribution in [3.05, 3.63) is 0 Å². The Kier molecular flexibility index (Phi) is 11.0. The van der Waals surface area contributed by atoms with Gasteiger partial charge in [0.25, 0.3) is 0 Å². The molecule has 0 aromatic heterocycles. The van der Waals surface area contributed by atoms with Gasteiger partial charge in [-0.3, -0.25) is 24.0 Å². The zero-order valence-corrected chi connectivity index (χ0v) is 16.3. The van der Waals surface area contributed by atoms with Crippen molar-refractivity contribution >= 4 is 35.6 Å². The van der Waals surface area contributed by atoms with Crippen LogP contribution in [0.4, 0.5) is 0 Å². The predicted octanol–water partition coefficient (Wildman–Crippen LogP) is -3.41. The van der Waals surface area contributed by atoms with Crippen LogP contribution in [0.3, 0.4) is 0 Å². The number of nitrogens with two attached hydrogens (primary N) is 1. The summed E-state index contributed by atoms with van der Waals surface area (Å²) in [6.07, 6.45) is -3.11. The van der Waals surface area contributed by atoms with Crippen molar-refractivity contribution in [2.45, 2.75) is 63.4 Å². The molecule has 0 bridgehead atoms. The molecule has 5 unspecified atom stereocenters. The summed E-state index contributed by atoms with van der Waals surface area (Å²) in [6, 6.07) is -5.87. The quantitative estimate of drug-likeness (QED) is 0.142. The smallest absolute Gasteiger partial charge is 0.326 e. The summed E-state index contributed by atoms with van der Waals surface area (Å²) < 4.78 is 0. The zero-order valence-electron chi connectivity index (χ0n) is 16.3. The lowest BCUT2D eigenvalue weighted by molar-refractivity contribution is -0.144. The molecule has 0 aliphatic heterocycles. The van der Waals surface area contributed by atoms with Crippen LogP contribution in [0.5, 0.6) is 0 Å². The Morgan fingerprint density at radius 1 is 0.833 bits per heavy atom. The molecular formula is C16H26N4O10. The number of rotatable bonds is 13. The van der Waals surface area contributed by atoms with Gasteiger partial charge in [0.05, 0.1) is 18.6 Å². The number of aliphatic carboxylic acids is 3. The van der Waals surface area contributed by atoms with Crippen molar-refractivity contribution in [1.29, 1.82) is 0 Å². The van der Waals surface area contributed by atoms with Gasteiger partial charge in [-0.25, -0.2) is 4.79 Å². The lowest BCUT2D eigenvalue weighted by atomic mass is 10.1. The molecular weight excluding hydrogens is 408 g/mol. The molecule has 9 N–H and O–H groups in total. The Labute approximate surface area is 170 Å². The van der Waals surface area contributed by atoms with Crippen LogP contribution in [0.2, 0.25) is 0 Å². The van der Waals surface area contributed by atoms with Gasteiger partial charge in [-0.2, -0.15) is 0 Å². The molecule has 0 aromatic carbocycles. The van der Waals surface area contributed by atoms with E-state index in [2.05, 4.69) is 10.6 Å². The molecule has 5 atom stereocenters. The molecule has 14 heteroatoms. The first-order valence-electron chi connectivity index (χ1n) is 8.77. The summed E-state index contributed by atoms with van der Waals surface area (Å²) >= 11 is 0.